The molecule has 0 heterocycles. The van der Waals surface area contributed by atoms with Crippen LogP contribution < -0.4 is 15.7 Å². The molecule has 7 nitrogen and oxygen atoms in total. The van der Waals surface area contributed by atoms with Crippen LogP contribution in [-0.2, 0) is 14.6 Å². The van der Waals surface area contributed by atoms with Crippen molar-refractivity contribution in [2.24, 2.45) is 0 Å². The van der Waals surface area contributed by atoms with Crippen LogP contribution in [0.2, 0.25) is 5.02 Å². The van der Waals surface area contributed by atoms with Gasteiger partial charge in [0.1, 0.15) is 9.84 Å². The maximum Gasteiger partial charge on any atom is 0.319 e. The Bertz CT molecular complexity index is 632. The SMILES string of the molecule is CS(=O)(=O)CC[C@@H](NC(=O)Nc1cccc(Cl)c1)C(=O)[O-]. The van der Waals surface area contributed by atoms with E-state index in [1.165, 1.54) is 6.07 Å². The zero-order valence-corrected chi connectivity index (χ0v) is 12.7. The first kappa shape index (κ1) is 17.3. The fourth-order valence-electron chi connectivity index (χ4n) is 1.47. The van der Waals surface area contributed by atoms with Crippen molar-refractivity contribution < 1.29 is 23.1 Å². The number of rotatable bonds is 6. The van der Waals surface area contributed by atoms with Gasteiger partial charge in [-0.15, -0.1) is 0 Å². The zero-order chi connectivity index (χ0) is 16.0. The Hall–Kier alpha value is -1.80. The van der Waals surface area contributed by atoms with Gasteiger partial charge in [-0.3, -0.25) is 0 Å². The van der Waals surface area contributed by atoms with Gasteiger partial charge >= 0.3 is 6.03 Å². The standard InChI is InChI=1S/C12H15ClN2O5S/c1-21(19,20)6-5-10(11(16)17)15-12(18)14-9-4-2-3-8(13)7-9/h2-4,7,10H,5-6H2,1H3,(H,16,17)(H2,14,15,18)/p-1/t10-/m1/s1. The number of anilines is 1. The first-order valence-corrected chi connectivity index (χ1v) is 8.33. The molecule has 0 aliphatic rings. The smallest absolute Gasteiger partial charge is 0.319 e. The molecule has 1 aromatic rings. The van der Waals surface area contributed by atoms with Gasteiger partial charge in [0.15, 0.2) is 0 Å². The number of hydrogen-bond acceptors (Lipinski definition) is 5. The molecule has 0 saturated heterocycles. The van der Waals surface area contributed by atoms with Crippen molar-refractivity contribution in [3.05, 3.63) is 29.3 Å². The van der Waals surface area contributed by atoms with Crippen molar-refractivity contribution in [2.75, 3.05) is 17.3 Å². The van der Waals surface area contributed by atoms with Crippen LogP contribution in [0.3, 0.4) is 0 Å². The summed E-state index contributed by atoms with van der Waals surface area (Å²) in [7, 11) is -3.33. The maximum atomic E-state index is 11.7. The Morgan fingerprint density at radius 1 is 1.38 bits per heavy atom. The third-order valence-corrected chi connectivity index (χ3v) is 3.66. The van der Waals surface area contributed by atoms with Gasteiger partial charge in [-0.1, -0.05) is 17.7 Å². The molecular formula is C12H14ClN2O5S-. The number of nitrogens with one attached hydrogen (secondary N) is 2. The second-order valence-electron chi connectivity index (χ2n) is 4.40. The minimum Gasteiger partial charge on any atom is -0.548 e. The number of hydrogen-bond donors (Lipinski definition) is 2. The first-order chi connectivity index (χ1) is 9.67. The number of sulfone groups is 1. The number of halogens is 1. The molecule has 0 saturated carbocycles. The van der Waals surface area contributed by atoms with Crippen molar-refractivity contribution in [1.29, 1.82) is 0 Å². The van der Waals surface area contributed by atoms with Crippen LogP contribution in [0.5, 0.6) is 0 Å². The number of carboxylic acids is 1. The van der Waals surface area contributed by atoms with E-state index in [9.17, 15) is 23.1 Å². The first-order valence-electron chi connectivity index (χ1n) is 5.89. The number of urea groups is 1. The summed E-state index contributed by atoms with van der Waals surface area (Å²) in [5.74, 6) is -1.93. The number of carbonyl (C=O) groups excluding carboxylic acids is 2. The van der Waals surface area contributed by atoms with Crippen LogP contribution in [0.4, 0.5) is 10.5 Å². The van der Waals surface area contributed by atoms with E-state index in [4.69, 9.17) is 11.6 Å². The predicted octanol–water partition coefficient (Wildman–Crippen LogP) is 0.0147. The lowest BCUT2D eigenvalue weighted by atomic mass is 10.2. The van der Waals surface area contributed by atoms with Gasteiger partial charge in [-0.2, -0.15) is 0 Å². The average Bonchev–Trinajstić information content (AvgIpc) is 2.32. The van der Waals surface area contributed by atoms with Crippen molar-refractivity contribution in [3.8, 4) is 0 Å². The normalized spacial score (nSPS) is 12.5. The van der Waals surface area contributed by atoms with Gasteiger partial charge < -0.3 is 20.5 Å². The largest absolute Gasteiger partial charge is 0.548 e. The molecule has 21 heavy (non-hydrogen) atoms. The van der Waals surface area contributed by atoms with E-state index in [0.29, 0.717) is 10.7 Å². The van der Waals surface area contributed by atoms with Gasteiger partial charge in [0.05, 0.1) is 17.8 Å². The quantitative estimate of drug-likeness (QED) is 0.761. The van der Waals surface area contributed by atoms with Gasteiger partial charge in [-0.25, -0.2) is 13.2 Å². The summed E-state index contributed by atoms with van der Waals surface area (Å²) in [6.45, 7) is 0. The molecule has 0 spiro atoms. The van der Waals surface area contributed by atoms with Gasteiger partial charge in [0.25, 0.3) is 0 Å². The molecule has 0 fully saturated rings. The van der Waals surface area contributed by atoms with E-state index in [-0.39, 0.29) is 12.2 Å². The molecule has 1 atom stereocenters. The molecule has 1 aromatic carbocycles. The fraction of sp³-hybridized carbons (Fsp3) is 0.333. The third kappa shape index (κ3) is 6.96. The molecule has 9 heteroatoms. The Kier molecular flexibility index (Phi) is 5.98. The van der Waals surface area contributed by atoms with Gasteiger partial charge in [0.2, 0.25) is 0 Å². The van der Waals surface area contributed by atoms with E-state index in [2.05, 4.69) is 10.6 Å². The summed E-state index contributed by atoms with van der Waals surface area (Å²) in [5, 5.41) is 15.8. The second kappa shape index (κ2) is 7.28. The van der Waals surface area contributed by atoms with Crippen molar-refractivity contribution >= 4 is 39.1 Å². The van der Waals surface area contributed by atoms with Crippen LogP contribution in [0.15, 0.2) is 24.3 Å². The molecule has 116 valence electrons. The molecule has 2 N–H and O–H groups in total. The lowest BCUT2D eigenvalue weighted by Gasteiger charge is -2.19. The Labute approximate surface area is 127 Å². The van der Waals surface area contributed by atoms with Gasteiger partial charge in [-0.05, 0) is 24.6 Å². The lowest BCUT2D eigenvalue weighted by Crippen LogP contribution is -2.49. The van der Waals surface area contributed by atoms with Crippen LogP contribution in [0.25, 0.3) is 0 Å². The maximum absolute atomic E-state index is 11.7. The van der Waals surface area contributed by atoms with Crippen LogP contribution in [0.1, 0.15) is 6.42 Å². The summed E-state index contributed by atoms with van der Waals surface area (Å²) in [5.41, 5.74) is 0.375. The van der Waals surface area contributed by atoms with Gasteiger partial charge in [0, 0.05) is 17.0 Å². The highest BCUT2D eigenvalue weighted by atomic mass is 35.5. The molecule has 0 aliphatic carbocycles. The van der Waals surface area contributed by atoms with Crippen LogP contribution >= 0.6 is 11.6 Å². The monoisotopic (exact) mass is 333 g/mol. The number of carboxylic acid groups (broad SMARTS) is 1. The van der Waals surface area contributed by atoms with E-state index in [1.807, 2.05) is 0 Å². The number of amides is 2. The topological polar surface area (TPSA) is 115 Å². The fourth-order valence-corrected chi connectivity index (χ4v) is 2.33. The third-order valence-electron chi connectivity index (χ3n) is 2.45. The predicted molar refractivity (Wildman–Crippen MR) is 76.7 cm³/mol. The molecule has 0 unspecified atom stereocenters. The summed E-state index contributed by atoms with van der Waals surface area (Å²) in [6.07, 6.45) is 0.704. The second-order valence-corrected chi connectivity index (χ2v) is 7.10. The highest BCUT2D eigenvalue weighted by Crippen LogP contribution is 2.14. The minimum atomic E-state index is -3.33. The van der Waals surface area contributed by atoms with E-state index in [0.717, 1.165) is 6.26 Å². The zero-order valence-electron chi connectivity index (χ0n) is 11.1. The summed E-state index contributed by atoms with van der Waals surface area (Å²) in [6, 6.07) is 4.07. The molecule has 0 radical (unpaired) electrons. The highest BCUT2D eigenvalue weighted by molar-refractivity contribution is 7.90. The Morgan fingerprint density at radius 3 is 2.57 bits per heavy atom. The van der Waals surface area contributed by atoms with E-state index in [1.54, 1.807) is 18.2 Å². The average molecular weight is 334 g/mol. The number of aliphatic carboxylic acids is 1. The molecular weight excluding hydrogens is 320 g/mol. The summed E-state index contributed by atoms with van der Waals surface area (Å²) < 4.78 is 22.0. The van der Waals surface area contributed by atoms with E-state index >= 15 is 0 Å². The minimum absolute atomic E-state index is 0.274. The Morgan fingerprint density at radius 2 is 2.05 bits per heavy atom. The molecule has 0 bridgehead atoms. The summed E-state index contributed by atoms with van der Waals surface area (Å²) in [4.78, 5) is 22.5. The molecule has 0 aliphatic heterocycles. The molecule has 2 amide bonds. The summed E-state index contributed by atoms with van der Waals surface area (Å²) >= 11 is 5.74. The Balaban J connectivity index is 2.62. The lowest BCUT2D eigenvalue weighted by molar-refractivity contribution is -0.308. The van der Waals surface area contributed by atoms with Crippen molar-refractivity contribution in [1.82, 2.24) is 5.32 Å². The van der Waals surface area contributed by atoms with Crippen molar-refractivity contribution in [2.45, 2.75) is 12.5 Å². The highest BCUT2D eigenvalue weighted by Gasteiger charge is 2.16. The molecule has 1 rings (SSSR count). The number of benzene rings is 1. The van der Waals surface area contributed by atoms with E-state index < -0.39 is 27.9 Å². The van der Waals surface area contributed by atoms with Crippen LogP contribution in [-0.4, -0.2) is 38.5 Å². The van der Waals surface area contributed by atoms with Crippen LogP contribution in [0, 0.1) is 0 Å². The number of carbonyl (C=O) groups is 2. The van der Waals surface area contributed by atoms with Crippen molar-refractivity contribution in [3.63, 3.8) is 0 Å². The molecule has 0 aromatic heterocycles.